The third kappa shape index (κ3) is 5.14. The Bertz CT molecular complexity index is 1070. The van der Waals surface area contributed by atoms with E-state index in [0.29, 0.717) is 17.1 Å². The third-order valence-corrected chi connectivity index (χ3v) is 6.06. The van der Waals surface area contributed by atoms with Crippen molar-refractivity contribution in [3.8, 4) is 11.5 Å². The molecule has 0 aliphatic carbocycles. The SMILES string of the molecule is CN(C)CCCNc1oc(-c2ccc(Cl)cc2)nc1S(=O)(=O)c1ccc(F)cc1. The van der Waals surface area contributed by atoms with E-state index in [4.69, 9.17) is 16.0 Å². The van der Waals surface area contributed by atoms with E-state index in [9.17, 15) is 12.8 Å². The fourth-order valence-corrected chi connectivity index (χ4v) is 4.04. The molecule has 0 aliphatic rings. The Labute approximate surface area is 174 Å². The Hall–Kier alpha value is -2.42. The number of hydrogen-bond acceptors (Lipinski definition) is 6. The molecule has 29 heavy (non-hydrogen) atoms. The Morgan fingerprint density at radius 2 is 1.76 bits per heavy atom. The van der Waals surface area contributed by atoms with E-state index in [-0.39, 0.29) is 21.7 Å². The van der Waals surface area contributed by atoms with Crippen molar-refractivity contribution in [1.82, 2.24) is 9.88 Å². The second-order valence-electron chi connectivity index (χ2n) is 6.70. The standard InChI is InChI=1S/C20H21ClFN3O3S/c1-25(2)13-3-12-23-19-20(29(26,27)17-10-8-16(22)9-11-17)24-18(28-19)14-4-6-15(21)7-5-14/h4-11,23H,3,12-13H2,1-2H3. The highest BCUT2D eigenvalue weighted by atomic mass is 35.5. The first kappa shape index (κ1) is 21.3. The summed E-state index contributed by atoms with van der Waals surface area (Å²) >= 11 is 5.92. The maximum Gasteiger partial charge on any atom is 0.233 e. The van der Waals surface area contributed by atoms with Gasteiger partial charge in [0.2, 0.25) is 26.6 Å². The summed E-state index contributed by atoms with van der Waals surface area (Å²) < 4.78 is 45.2. The number of anilines is 1. The fourth-order valence-electron chi connectivity index (χ4n) is 2.64. The largest absolute Gasteiger partial charge is 0.419 e. The molecule has 2 aromatic carbocycles. The lowest BCUT2D eigenvalue weighted by atomic mass is 10.2. The van der Waals surface area contributed by atoms with Gasteiger partial charge in [0.25, 0.3) is 0 Å². The lowest BCUT2D eigenvalue weighted by molar-refractivity contribution is 0.404. The normalized spacial score (nSPS) is 11.8. The third-order valence-electron chi connectivity index (χ3n) is 4.13. The minimum absolute atomic E-state index is 0.0537. The van der Waals surface area contributed by atoms with Crippen molar-refractivity contribution < 1.29 is 17.2 Å². The predicted molar refractivity (Wildman–Crippen MR) is 110 cm³/mol. The Morgan fingerprint density at radius 1 is 1.10 bits per heavy atom. The lowest BCUT2D eigenvalue weighted by Gasteiger charge is -2.10. The average Bonchev–Trinajstić information content (AvgIpc) is 3.11. The van der Waals surface area contributed by atoms with Crippen molar-refractivity contribution in [2.75, 3.05) is 32.5 Å². The van der Waals surface area contributed by atoms with E-state index in [0.717, 1.165) is 25.1 Å². The highest BCUT2D eigenvalue weighted by Crippen LogP contribution is 2.32. The summed E-state index contributed by atoms with van der Waals surface area (Å²) in [7, 11) is -0.0940. The van der Waals surface area contributed by atoms with Crippen molar-refractivity contribution in [3.63, 3.8) is 0 Å². The van der Waals surface area contributed by atoms with Gasteiger partial charge in [-0.1, -0.05) is 11.6 Å². The van der Waals surface area contributed by atoms with Gasteiger partial charge in [-0.25, -0.2) is 12.8 Å². The van der Waals surface area contributed by atoms with Crippen LogP contribution in [0.3, 0.4) is 0 Å². The molecule has 0 aliphatic heterocycles. The van der Waals surface area contributed by atoms with Crippen molar-refractivity contribution >= 4 is 27.3 Å². The molecule has 154 valence electrons. The van der Waals surface area contributed by atoms with Gasteiger partial charge in [0.15, 0.2) is 0 Å². The number of oxazole rings is 1. The van der Waals surface area contributed by atoms with Crippen LogP contribution in [0.4, 0.5) is 10.3 Å². The van der Waals surface area contributed by atoms with Crippen molar-refractivity contribution in [3.05, 3.63) is 59.4 Å². The van der Waals surface area contributed by atoms with E-state index in [1.807, 2.05) is 19.0 Å². The Morgan fingerprint density at radius 3 is 2.38 bits per heavy atom. The molecule has 0 atom stereocenters. The Kier molecular flexibility index (Phi) is 6.56. The molecule has 0 saturated carbocycles. The van der Waals surface area contributed by atoms with Gasteiger partial charge in [-0.2, -0.15) is 4.98 Å². The fraction of sp³-hybridized carbons (Fsp3) is 0.250. The van der Waals surface area contributed by atoms with Gasteiger partial charge >= 0.3 is 0 Å². The molecule has 0 saturated heterocycles. The smallest absolute Gasteiger partial charge is 0.233 e. The van der Waals surface area contributed by atoms with Crippen LogP contribution in [0, 0.1) is 5.82 Å². The summed E-state index contributed by atoms with van der Waals surface area (Å²) in [5.41, 5.74) is 0.589. The van der Waals surface area contributed by atoms with E-state index in [2.05, 4.69) is 10.3 Å². The highest BCUT2D eigenvalue weighted by Gasteiger charge is 2.28. The number of sulfone groups is 1. The summed E-state index contributed by atoms with van der Waals surface area (Å²) in [4.78, 5) is 6.19. The quantitative estimate of drug-likeness (QED) is 0.417. The second kappa shape index (κ2) is 8.94. The minimum Gasteiger partial charge on any atom is -0.419 e. The first-order valence-corrected chi connectivity index (χ1v) is 10.8. The van der Waals surface area contributed by atoms with Crippen molar-refractivity contribution in [1.29, 1.82) is 0 Å². The van der Waals surface area contributed by atoms with Crippen LogP contribution in [-0.4, -0.2) is 45.5 Å². The zero-order chi connectivity index (χ0) is 21.0. The summed E-state index contributed by atoms with van der Waals surface area (Å²) in [6.45, 7) is 1.32. The number of hydrogen-bond donors (Lipinski definition) is 1. The van der Waals surface area contributed by atoms with Crippen molar-refractivity contribution in [2.45, 2.75) is 16.3 Å². The monoisotopic (exact) mass is 437 g/mol. The maximum absolute atomic E-state index is 13.2. The molecule has 1 aromatic heterocycles. The molecule has 9 heteroatoms. The van der Waals surface area contributed by atoms with Gasteiger partial charge < -0.3 is 14.6 Å². The van der Waals surface area contributed by atoms with Crippen LogP contribution in [-0.2, 0) is 9.84 Å². The van der Waals surface area contributed by atoms with E-state index < -0.39 is 15.7 Å². The summed E-state index contributed by atoms with van der Waals surface area (Å²) in [6, 6.07) is 11.3. The van der Waals surface area contributed by atoms with Gasteiger partial charge in [0, 0.05) is 17.1 Å². The number of rotatable bonds is 8. The number of benzene rings is 2. The van der Waals surface area contributed by atoms with Crippen LogP contribution in [0.25, 0.3) is 11.5 Å². The highest BCUT2D eigenvalue weighted by molar-refractivity contribution is 7.91. The topological polar surface area (TPSA) is 75.4 Å². The first-order chi connectivity index (χ1) is 13.8. The molecule has 0 radical (unpaired) electrons. The summed E-state index contributed by atoms with van der Waals surface area (Å²) in [6.07, 6.45) is 0.778. The van der Waals surface area contributed by atoms with Gasteiger partial charge in [-0.05, 0) is 75.6 Å². The molecule has 1 heterocycles. The average molecular weight is 438 g/mol. The molecule has 0 fully saturated rings. The number of aromatic nitrogens is 1. The molecular weight excluding hydrogens is 417 g/mol. The molecule has 3 rings (SSSR count). The molecule has 0 amide bonds. The predicted octanol–water partition coefficient (Wildman–Crippen LogP) is 4.33. The molecule has 0 bridgehead atoms. The maximum atomic E-state index is 13.2. The van der Waals surface area contributed by atoms with Crippen LogP contribution in [0.2, 0.25) is 5.02 Å². The molecule has 3 aromatic rings. The first-order valence-electron chi connectivity index (χ1n) is 8.93. The van der Waals surface area contributed by atoms with Gasteiger partial charge in [0.1, 0.15) is 5.82 Å². The van der Waals surface area contributed by atoms with E-state index >= 15 is 0 Å². The van der Waals surface area contributed by atoms with Gasteiger partial charge in [-0.3, -0.25) is 0 Å². The molecular formula is C20H21ClFN3O3S. The number of nitrogens with zero attached hydrogens (tertiary/aromatic N) is 2. The molecule has 0 unspecified atom stereocenters. The zero-order valence-electron chi connectivity index (χ0n) is 16.0. The Balaban J connectivity index is 1.98. The van der Waals surface area contributed by atoms with Gasteiger partial charge in [0.05, 0.1) is 4.90 Å². The zero-order valence-corrected chi connectivity index (χ0v) is 17.6. The van der Waals surface area contributed by atoms with Crippen LogP contribution in [0.5, 0.6) is 0 Å². The molecule has 0 spiro atoms. The van der Waals surface area contributed by atoms with Crippen molar-refractivity contribution in [2.24, 2.45) is 0 Å². The molecule has 1 N–H and O–H groups in total. The van der Waals surface area contributed by atoms with Crippen LogP contribution >= 0.6 is 11.6 Å². The van der Waals surface area contributed by atoms with E-state index in [1.54, 1.807) is 24.3 Å². The van der Waals surface area contributed by atoms with Crippen LogP contribution in [0.1, 0.15) is 6.42 Å². The number of halogens is 2. The minimum atomic E-state index is -4.01. The summed E-state index contributed by atoms with van der Waals surface area (Å²) in [5, 5.41) is 3.33. The van der Waals surface area contributed by atoms with E-state index in [1.165, 1.54) is 12.1 Å². The summed E-state index contributed by atoms with van der Waals surface area (Å²) in [5.74, 6) is -0.316. The second-order valence-corrected chi connectivity index (χ2v) is 9.00. The van der Waals surface area contributed by atoms with Gasteiger partial charge in [-0.15, -0.1) is 0 Å². The van der Waals surface area contributed by atoms with Crippen LogP contribution in [0.15, 0.2) is 62.9 Å². The lowest BCUT2D eigenvalue weighted by Crippen LogP contribution is -2.17. The number of nitrogens with one attached hydrogen (secondary N) is 1. The molecule has 6 nitrogen and oxygen atoms in total. The van der Waals surface area contributed by atoms with Crippen LogP contribution < -0.4 is 5.32 Å².